The molecular formula is C9H6N2O. The first-order chi connectivity index (χ1) is 5.86. The van der Waals surface area contributed by atoms with Gasteiger partial charge in [-0.2, -0.15) is 0 Å². The molecule has 0 unspecified atom stereocenters. The molecule has 0 aromatic heterocycles. The van der Waals surface area contributed by atoms with Crippen molar-refractivity contribution in [1.82, 2.24) is 0 Å². The number of rotatable bonds is 1. The smallest absolute Gasteiger partial charge is 0.266 e. The highest BCUT2D eigenvalue weighted by Crippen LogP contribution is 2.19. The summed E-state index contributed by atoms with van der Waals surface area (Å²) in [6.07, 6.45) is 1.43. The van der Waals surface area contributed by atoms with E-state index in [2.05, 4.69) is 10.2 Å². The molecule has 3 heteroatoms. The van der Waals surface area contributed by atoms with E-state index in [1.807, 2.05) is 30.3 Å². The van der Waals surface area contributed by atoms with Crippen LogP contribution in [0.25, 0.3) is 5.70 Å². The maximum atomic E-state index is 10.7. The SMILES string of the molecule is O=C1C=C(c2ccccc2)N=N1. The highest BCUT2D eigenvalue weighted by atomic mass is 16.1. The Morgan fingerprint density at radius 2 is 1.75 bits per heavy atom. The summed E-state index contributed by atoms with van der Waals surface area (Å²) in [5.74, 6) is -0.283. The number of hydrogen-bond acceptors (Lipinski definition) is 2. The molecule has 0 saturated carbocycles. The van der Waals surface area contributed by atoms with Crippen molar-refractivity contribution in [2.45, 2.75) is 0 Å². The van der Waals surface area contributed by atoms with Crippen molar-refractivity contribution >= 4 is 11.6 Å². The predicted octanol–water partition coefficient (Wildman–Crippen LogP) is 2.02. The fraction of sp³-hybridized carbons (Fsp3) is 0. The lowest BCUT2D eigenvalue weighted by atomic mass is 10.1. The first kappa shape index (κ1) is 6.91. The van der Waals surface area contributed by atoms with Crippen LogP contribution in [0.2, 0.25) is 0 Å². The minimum Gasteiger partial charge on any atom is -0.266 e. The third-order valence-electron chi connectivity index (χ3n) is 1.59. The Balaban J connectivity index is 2.40. The van der Waals surface area contributed by atoms with E-state index in [-0.39, 0.29) is 5.91 Å². The Bertz CT molecular complexity index is 365. The quantitative estimate of drug-likeness (QED) is 0.616. The Kier molecular flexibility index (Phi) is 1.55. The Morgan fingerprint density at radius 3 is 2.33 bits per heavy atom. The number of hydrogen-bond donors (Lipinski definition) is 0. The van der Waals surface area contributed by atoms with E-state index < -0.39 is 0 Å². The third kappa shape index (κ3) is 1.16. The lowest BCUT2D eigenvalue weighted by Gasteiger charge is -1.93. The zero-order valence-corrected chi connectivity index (χ0v) is 6.27. The van der Waals surface area contributed by atoms with Crippen LogP contribution in [0.4, 0.5) is 0 Å². The number of benzene rings is 1. The van der Waals surface area contributed by atoms with Gasteiger partial charge in [0.2, 0.25) is 0 Å². The van der Waals surface area contributed by atoms with Crippen molar-refractivity contribution in [3.05, 3.63) is 42.0 Å². The zero-order chi connectivity index (χ0) is 8.39. The first-order valence-corrected chi connectivity index (χ1v) is 3.59. The minimum absolute atomic E-state index is 0.283. The van der Waals surface area contributed by atoms with Crippen LogP contribution in [0.3, 0.4) is 0 Å². The fourth-order valence-corrected chi connectivity index (χ4v) is 1.03. The van der Waals surface area contributed by atoms with Crippen LogP contribution in [0.1, 0.15) is 5.56 Å². The Morgan fingerprint density at radius 1 is 1.00 bits per heavy atom. The normalized spacial score (nSPS) is 15.0. The molecule has 12 heavy (non-hydrogen) atoms. The van der Waals surface area contributed by atoms with Crippen LogP contribution in [-0.2, 0) is 4.79 Å². The summed E-state index contributed by atoms with van der Waals surface area (Å²) in [6, 6.07) is 9.49. The van der Waals surface area contributed by atoms with Gasteiger partial charge in [-0.1, -0.05) is 30.3 Å². The summed E-state index contributed by atoms with van der Waals surface area (Å²) in [5, 5.41) is 7.11. The summed E-state index contributed by atoms with van der Waals surface area (Å²) in [6.45, 7) is 0. The van der Waals surface area contributed by atoms with Crippen molar-refractivity contribution in [1.29, 1.82) is 0 Å². The average molecular weight is 158 g/mol. The molecule has 1 aromatic carbocycles. The standard InChI is InChI=1S/C9H6N2O/c12-9-6-8(10-11-9)7-4-2-1-3-5-7/h1-6H. The molecule has 0 fully saturated rings. The molecule has 1 aliphatic heterocycles. The lowest BCUT2D eigenvalue weighted by Crippen LogP contribution is -1.79. The molecule has 3 nitrogen and oxygen atoms in total. The van der Waals surface area contributed by atoms with Gasteiger partial charge in [-0.05, 0) is 0 Å². The van der Waals surface area contributed by atoms with Gasteiger partial charge in [0.25, 0.3) is 5.91 Å². The van der Waals surface area contributed by atoms with Gasteiger partial charge < -0.3 is 0 Å². The number of carbonyl (C=O) groups excluding carboxylic acids is 1. The molecule has 0 N–H and O–H groups in total. The summed E-state index contributed by atoms with van der Waals surface area (Å²) in [5.41, 5.74) is 1.56. The first-order valence-electron chi connectivity index (χ1n) is 3.59. The molecule has 0 saturated heterocycles. The molecule has 58 valence electrons. The highest BCUT2D eigenvalue weighted by Gasteiger charge is 2.08. The van der Waals surface area contributed by atoms with E-state index in [0.717, 1.165) is 5.56 Å². The van der Waals surface area contributed by atoms with Crippen molar-refractivity contribution in [3.63, 3.8) is 0 Å². The van der Waals surface area contributed by atoms with Gasteiger partial charge >= 0.3 is 0 Å². The van der Waals surface area contributed by atoms with Crippen molar-refractivity contribution in [2.24, 2.45) is 10.2 Å². The summed E-state index contributed by atoms with van der Waals surface area (Å²) < 4.78 is 0. The van der Waals surface area contributed by atoms with E-state index in [4.69, 9.17) is 0 Å². The van der Waals surface area contributed by atoms with Gasteiger partial charge in [0.05, 0.1) is 5.70 Å². The molecule has 1 amide bonds. The summed E-state index contributed by atoms with van der Waals surface area (Å²) in [7, 11) is 0. The zero-order valence-electron chi connectivity index (χ0n) is 6.27. The molecule has 1 aromatic rings. The van der Waals surface area contributed by atoms with Gasteiger partial charge in [0.1, 0.15) is 0 Å². The lowest BCUT2D eigenvalue weighted by molar-refractivity contribution is -0.113. The molecule has 0 bridgehead atoms. The van der Waals surface area contributed by atoms with Crippen LogP contribution < -0.4 is 0 Å². The number of amides is 1. The number of carbonyl (C=O) groups is 1. The average Bonchev–Trinajstić information content (AvgIpc) is 2.54. The molecule has 0 atom stereocenters. The van der Waals surface area contributed by atoms with Gasteiger partial charge in [-0.25, -0.2) is 0 Å². The Hall–Kier alpha value is -1.77. The van der Waals surface area contributed by atoms with Crippen molar-refractivity contribution in [3.8, 4) is 0 Å². The molecule has 0 aliphatic carbocycles. The largest absolute Gasteiger partial charge is 0.290 e. The van der Waals surface area contributed by atoms with E-state index in [9.17, 15) is 4.79 Å². The molecular weight excluding hydrogens is 152 g/mol. The van der Waals surface area contributed by atoms with Gasteiger partial charge in [0.15, 0.2) is 0 Å². The monoisotopic (exact) mass is 158 g/mol. The molecule has 0 spiro atoms. The maximum absolute atomic E-state index is 10.7. The minimum atomic E-state index is -0.283. The van der Waals surface area contributed by atoms with Gasteiger partial charge in [0, 0.05) is 11.6 Å². The van der Waals surface area contributed by atoms with Crippen molar-refractivity contribution in [2.75, 3.05) is 0 Å². The molecule has 1 heterocycles. The fourth-order valence-electron chi connectivity index (χ4n) is 1.03. The maximum Gasteiger partial charge on any atom is 0.290 e. The molecule has 2 rings (SSSR count). The second kappa shape index (κ2) is 2.70. The van der Waals surface area contributed by atoms with Crippen LogP contribution in [-0.4, -0.2) is 5.91 Å². The van der Waals surface area contributed by atoms with E-state index in [0.29, 0.717) is 5.70 Å². The number of nitrogens with zero attached hydrogens (tertiary/aromatic N) is 2. The van der Waals surface area contributed by atoms with E-state index in [1.54, 1.807) is 0 Å². The topological polar surface area (TPSA) is 41.8 Å². The third-order valence-corrected chi connectivity index (χ3v) is 1.59. The molecule has 0 radical (unpaired) electrons. The van der Waals surface area contributed by atoms with Gasteiger partial charge in [-0.3, -0.25) is 4.79 Å². The van der Waals surface area contributed by atoms with Gasteiger partial charge in [-0.15, -0.1) is 10.2 Å². The van der Waals surface area contributed by atoms with Crippen LogP contribution in [0.5, 0.6) is 0 Å². The second-order valence-electron chi connectivity index (χ2n) is 2.43. The Labute approximate surface area is 69.4 Å². The second-order valence-corrected chi connectivity index (χ2v) is 2.43. The van der Waals surface area contributed by atoms with Crippen molar-refractivity contribution < 1.29 is 4.79 Å². The summed E-state index contributed by atoms with van der Waals surface area (Å²) >= 11 is 0. The number of azo groups is 1. The molecule has 1 aliphatic rings. The van der Waals surface area contributed by atoms with Crippen LogP contribution >= 0.6 is 0 Å². The summed E-state index contributed by atoms with van der Waals surface area (Å²) in [4.78, 5) is 10.7. The van der Waals surface area contributed by atoms with Crippen LogP contribution in [0, 0.1) is 0 Å². The predicted molar refractivity (Wildman–Crippen MR) is 44.3 cm³/mol. The van der Waals surface area contributed by atoms with E-state index in [1.165, 1.54) is 6.08 Å². The van der Waals surface area contributed by atoms with E-state index >= 15 is 0 Å². The highest BCUT2D eigenvalue weighted by molar-refractivity contribution is 5.98. The van der Waals surface area contributed by atoms with Crippen LogP contribution in [0.15, 0.2) is 46.6 Å².